The summed E-state index contributed by atoms with van der Waals surface area (Å²) in [5, 5.41) is 11.2. The summed E-state index contributed by atoms with van der Waals surface area (Å²) in [5.74, 6) is -0.0256. The van der Waals surface area contributed by atoms with E-state index in [9.17, 15) is 23.1 Å². The SMILES string of the molecule is O=C(C1CCN(c2cccc(C(F)(F)F)c2)C1)N1CC[C@H]2[C@@H]1CCN2C1CCC(O)(c2ccccn2)CC1. The third kappa shape index (κ3) is 4.68. The minimum Gasteiger partial charge on any atom is -0.384 e. The zero-order chi connectivity index (χ0) is 26.5. The van der Waals surface area contributed by atoms with Gasteiger partial charge in [-0.1, -0.05) is 12.1 Å². The number of aromatic nitrogens is 1. The molecule has 0 radical (unpaired) electrons. The van der Waals surface area contributed by atoms with Gasteiger partial charge in [-0.05, 0) is 75.3 Å². The summed E-state index contributed by atoms with van der Waals surface area (Å²) < 4.78 is 39.5. The molecular formula is C29H35F3N4O2. The second-order valence-corrected chi connectivity index (χ2v) is 11.4. The monoisotopic (exact) mass is 528 g/mol. The summed E-state index contributed by atoms with van der Waals surface area (Å²) in [6.45, 7) is 2.77. The predicted molar refractivity (Wildman–Crippen MR) is 137 cm³/mol. The first-order valence-corrected chi connectivity index (χ1v) is 13.9. The van der Waals surface area contributed by atoms with E-state index < -0.39 is 17.3 Å². The number of carbonyl (C=O) groups is 1. The molecule has 0 bridgehead atoms. The van der Waals surface area contributed by atoms with E-state index in [0.717, 1.165) is 50.5 Å². The summed E-state index contributed by atoms with van der Waals surface area (Å²) in [5.41, 5.74) is -0.224. The first-order valence-electron chi connectivity index (χ1n) is 13.9. The number of benzene rings is 1. The Morgan fingerprint density at radius 1 is 0.947 bits per heavy atom. The number of hydrogen-bond donors (Lipinski definition) is 1. The molecule has 3 atom stereocenters. The van der Waals surface area contributed by atoms with Crippen LogP contribution in [0, 0.1) is 5.92 Å². The summed E-state index contributed by atoms with van der Waals surface area (Å²) in [6.07, 6.45) is 3.16. The maximum absolute atomic E-state index is 13.6. The van der Waals surface area contributed by atoms with Crippen molar-refractivity contribution in [2.75, 3.05) is 31.1 Å². The molecule has 1 aliphatic carbocycles. The van der Waals surface area contributed by atoms with Gasteiger partial charge in [-0.2, -0.15) is 13.2 Å². The van der Waals surface area contributed by atoms with Crippen LogP contribution >= 0.6 is 0 Å². The Hall–Kier alpha value is -2.65. The van der Waals surface area contributed by atoms with E-state index in [0.29, 0.717) is 50.1 Å². The molecule has 6 nitrogen and oxygen atoms in total. The number of alkyl halides is 3. The van der Waals surface area contributed by atoms with Gasteiger partial charge in [-0.15, -0.1) is 0 Å². The van der Waals surface area contributed by atoms with E-state index in [-0.39, 0.29) is 17.9 Å². The lowest BCUT2D eigenvalue weighted by molar-refractivity contribution is -0.137. The Morgan fingerprint density at radius 3 is 2.47 bits per heavy atom. The van der Waals surface area contributed by atoms with E-state index in [2.05, 4.69) is 14.8 Å². The molecule has 4 aliphatic rings. The Kier molecular flexibility index (Phi) is 6.63. The van der Waals surface area contributed by atoms with Gasteiger partial charge in [0.1, 0.15) is 5.60 Å². The van der Waals surface area contributed by atoms with Crippen LogP contribution in [0.15, 0.2) is 48.7 Å². The van der Waals surface area contributed by atoms with Crippen molar-refractivity contribution in [2.45, 2.75) is 74.8 Å². The van der Waals surface area contributed by atoms with E-state index in [1.54, 1.807) is 12.3 Å². The van der Waals surface area contributed by atoms with Crippen molar-refractivity contribution < 1.29 is 23.1 Å². The topological polar surface area (TPSA) is 59.9 Å². The number of anilines is 1. The molecule has 9 heteroatoms. The number of fused-ring (bicyclic) bond motifs is 1. The lowest BCUT2D eigenvalue weighted by atomic mass is 9.79. The van der Waals surface area contributed by atoms with Crippen molar-refractivity contribution in [1.82, 2.24) is 14.8 Å². The lowest BCUT2D eigenvalue weighted by Gasteiger charge is -2.41. The van der Waals surface area contributed by atoms with Crippen LogP contribution in [-0.2, 0) is 16.6 Å². The van der Waals surface area contributed by atoms with Crippen LogP contribution in [0.1, 0.15) is 56.2 Å². The van der Waals surface area contributed by atoms with Gasteiger partial charge < -0.3 is 14.9 Å². The second-order valence-electron chi connectivity index (χ2n) is 11.4. The number of likely N-dealkylation sites (tertiary alicyclic amines) is 2. The number of nitrogens with zero attached hydrogens (tertiary/aromatic N) is 4. The molecule has 38 heavy (non-hydrogen) atoms. The minimum atomic E-state index is -4.38. The van der Waals surface area contributed by atoms with Crippen molar-refractivity contribution in [3.05, 3.63) is 59.9 Å². The van der Waals surface area contributed by atoms with Crippen molar-refractivity contribution in [2.24, 2.45) is 5.92 Å². The Labute approximate surface area is 221 Å². The van der Waals surface area contributed by atoms with Gasteiger partial charge in [-0.25, -0.2) is 0 Å². The van der Waals surface area contributed by atoms with E-state index in [4.69, 9.17) is 0 Å². The summed E-state index contributed by atoms with van der Waals surface area (Å²) in [7, 11) is 0. The molecule has 3 aliphatic heterocycles. The number of amides is 1. The van der Waals surface area contributed by atoms with Crippen LogP contribution < -0.4 is 4.90 Å². The molecular weight excluding hydrogens is 493 g/mol. The maximum Gasteiger partial charge on any atom is 0.416 e. The highest BCUT2D eigenvalue weighted by atomic mass is 19.4. The fourth-order valence-corrected chi connectivity index (χ4v) is 7.36. The van der Waals surface area contributed by atoms with Crippen molar-refractivity contribution >= 4 is 11.6 Å². The maximum atomic E-state index is 13.6. The van der Waals surface area contributed by atoms with Gasteiger partial charge in [-0.3, -0.25) is 14.7 Å². The van der Waals surface area contributed by atoms with Crippen LogP contribution in [0.25, 0.3) is 0 Å². The van der Waals surface area contributed by atoms with Gasteiger partial charge in [0.25, 0.3) is 0 Å². The van der Waals surface area contributed by atoms with E-state index in [1.807, 2.05) is 23.1 Å². The average Bonchev–Trinajstić information content (AvgIpc) is 3.66. The van der Waals surface area contributed by atoms with Crippen LogP contribution in [0.2, 0.25) is 0 Å². The van der Waals surface area contributed by atoms with Crippen molar-refractivity contribution in [1.29, 1.82) is 0 Å². The molecule has 1 aromatic heterocycles. The van der Waals surface area contributed by atoms with Gasteiger partial charge in [0.15, 0.2) is 0 Å². The quantitative estimate of drug-likeness (QED) is 0.636. The molecule has 1 amide bonds. The number of carbonyl (C=O) groups excluding carboxylic acids is 1. The van der Waals surface area contributed by atoms with Gasteiger partial charge in [0.2, 0.25) is 5.91 Å². The molecule has 0 spiro atoms. The lowest BCUT2D eigenvalue weighted by Crippen LogP contribution is -2.47. The van der Waals surface area contributed by atoms with Crippen LogP contribution in [0.5, 0.6) is 0 Å². The molecule has 1 N–H and O–H groups in total. The highest BCUT2D eigenvalue weighted by Gasteiger charge is 2.49. The molecule has 3 saturated heterocycles. The smallest absolute Gasteiger partial charge is 0.384 e. The molecule has 1 saturated carbocycles. The first kappa shape index (κ1) is 25.6. The zero-order valence-electron chi connectivity index (χ0n) is 21.5. The third-order valence-electron chi connectivity index (χ3n) is 9.37. The standard InChI is InChI=1S/C29H35F3N4O2/c30-29(31,32)21-4-3-5-23(18-21)34-15-9-20(19-34)27(37)36-17-11-24-25(36)10-16-35(24)22-7-12-28(38,13-8-22)26-6-1-2-14-33-26/h1-6,14,18,20,22,24-25,38H,7-13,15-17,19H2/t20?,22?,24-,25-,28?/m0/s1. The van der Waals surface area contributed by atoms with Gasteiger partial charge in [0, 0.05) is 56.2 Å². The second kappa shape index (κ2) is 9.83. The van der Waals surface area contributed by atoms with Crippen LogP contribution in [-0.4, -0.2) is 70.1 Å². The average molecular weight is 529 g/mol. The molecule has 4 heterocycles. The van der Waals surface area contributed by atoms with Crippen molar-refractivity contribution in [3.8, 4) is 0 Å². The van der Waals surface area contributed by atoms with E-state index >= 15 is 0 Å². The van der Waals surface area contributed by atoms with Crippen LogP contribution in [0.3, 0.4) is 0 Å². The third-order valence-corrected chi connectivity index (χ3v) is 9.37. The van der Waals surface area contributed by atoms with Gasteiger partial charge >= 0.3 is 6.18 Å². The Bertz CT molecular complexity index is 1150. The first-order chi connectivity index (χ1) is 18.2. The largest absolute Gasteiger partial charge is 0.416 e. The highest BCUT2D eigenvalue weighted by Crippen LogP contribution is 2.42. The van der Waals surface area contributed by atoms with Crippen LogP contribution in [0.4, 0.5) is 18.9 Å². The molecule has 1 unspecified atom stereocenters. The summed E-state index contributed by atoms with van der Waals surface area (Å²) in [4.78, 5) is 24.5. The van der Waals surface area contributed by atoms with Crippen molar-refractivity contribution in [3.63, 3.8) is 0 Å². The molecule has 6 rings (SSSR count). The number of aliphatic hydroxyl groups is 1. The molecule has 1 aromatic carbocycles. The zero-order valence-corrected chi connectivity index (χ0v) is 21.5. The van der Waals surface area contributed by atoms with E-state index in [1.165, 1.54) is 12.1 Å². The fraction of sp³-hybridized carbons (Fsp3) is 0.586. The number of rotatable bonds is 4. The van der Waals surface area contributed by atoms with Gasteiger partial charge in [0.05, 0.1) is 17.2 Å². The highest BCUT2D eigenvalue weighted by molar-refractivity contribution is 5.81. The minimum absolute atomic E-state index is 0.155. The Morgan fingerprint density at radius 2 is 1.74 bits per heavy atom. The molecule has 2 aromatic rings. The predicted octanol–water partition coefficient (Wildman–Crippen LogP) is 4.43. The molecule has 4 fully saturated rings. The summed E-state index contributed by atoms with van der Waals surface area (Å²) in [6, 6.07) is 12.1. The number of halogens is 3. The summed E-state index contributed by atoms with van der Waals surface area (Å²) >= 11 is 0. The number of hydrogen-bond acceptors (Lipinski definition) is 5. The normalized spacial score (nSPS) is 32.1. The Balaban J connectivity index is 1.06. The molecule has 204 valence electrons. The fourth-order valence-electron chi connectivity index (χ4n) is 7.36. The number of pyridine rings is 1.